The average Bonchev–Trinajstić information content (AvgIpc) is 3.45. The van der Waals surface area contributed by atoms with Crippen molar-refractivity contribution in [2.45, 2.75) is 70.0 Å². The Morgan fingerprint density at radius 1 is 1.02 bits per heavy atom. The molecular formula is C31H35ClFN3O4S. The first kappa shape index (κ1) is 30.5. The molecule has 0 bridgehead atoms. The van der Waals surface area contributed by atoms with Gasteiger partial charge < -0.3 is 10.2 Å². The summed E-state index contributed by atoms with van der Waals surface area (Å²) in [5, 5.41) is 3.30. The summed E-state index contributed by atoms with van der Waals surface area (Å²) >= 11 is 6.26. The van der Waals surface area contributed by atoms with Crippen molar-refractivity contribution >= 4 is 39.1 Å². The molecule has 0 spiro atoms. The van der Waals surface area contributed by atoms with Crippen LogP contribution in [0.2, 0.25) is 5.02 Å². The van der Waals surface area contributed by atoms with E-state index < -0.39 is 34.3 Å². The average molecular weight is 600 g/mol. The Morgan fingerprint density at radius 2 is 1.68 bits per heavy atom. The van der Waals surface area contributed by atoms with Crippen LogP contribution in [0.5, 0.6) is 0 Å². The molecule has 3 aromatic rings. The van der Waals surface area contributed by atoms with Crippen molar-refractivity contribution < 1.29 is 22.4 Å². The van der Waals surface area contributed by atoms with E-state index in [1.807, 2.05) is 6.92 Å². The van der Waals surface area contributed by atoms with Crippen molar-refractivity contribution in [3.05, 3.63) is 94.3 Å². The summed E-state index contributed by atoms with van der Waals surface area (Å²) in [4.78, 5) is 28.6. The molecule has 3 aromatic carbocycles. The summed E-state index contributed by atoms with van der Waals surface area (Å²) in [5.74, 6) is -1.55. The summed E-state index contributed by atoms with van der Waals surface area (Å²) in [6.45, 7) is 4.32. The maximum Gasteiger partial charge on any atom is 0.264 e. The van der Waals surface area contributed by atoms with Crippen LogP contribution in [-0.4, -0.2) is 43.8 Å². The molecule has 1 N–H and O–H groups in total. The Kier molecular flexibility index (Phi) is 9.71. The number of carbonyl (C=O) groups is 2. The van der Waals surface area contributed by atoms with Crippen LogP contribution in [-0.2, 0) is 26.2 Å². The van der Waals surface area contributed by atoms with Gasteiger partial charge in [-0.25, -0.2) is 12.8 Å². The molecule has 0 heterocycles. The van der Waals surface area contributed by atoms with Crippen molar-refractivity contribution in [3.63, 3.8) is 0 Å². The normalized spacial score (nSPS) is 14.5. The zero-order valence-electron chi connectivity index (χ0n) is 23.4. The van der Waals surface area contributed by atoms with Gasteiger partial charge in [-0.15, -0.1) is 0 Å². The topological polar surface area (TPSA) is 86.8 Å². The van der Waals surface area contributed by atoms with E-state index >= 15 is 0 Å². The fourth-order valence-corrected chi connectivity index (χ4v) is 6.62. The zero-order chi connectivity index (χ0) is 29.7. The standard InChI is InChI=1S/C31H35ClFN3O4S/c1-21-12-16-27(17-13-21)41(39,40)36(29-18-25(32)15-14-22(29)2)20-30(37)35(19-24-8-4-7-11-28(24)33)23(3)31(38)34-26-9-5-6-10-26/h4,7-8,11-18,23,26H,5-6,9-10,19-20H2,1-3H3,(H,34,38). The van der Waals surface area contributed by atoms with Crippen LogP contribution >= 0.6 is 11.6 Å². The molecule has 4 rings (SSSR count). The van der Waals surface area contributed by atoms with Crippen molar-refractivity contribution in [1.29, 1.82) is 0 Å². The zero-order valence-corrected chi connectivity index (χ0v) is 25.0. The maximum absolute atomic E-state index is 14.7. The van der Waals surface area contributed by atoms with Crippen LogP contribution in [0.1, 0.15) is 49.3 Å². The summed E-state index contributed by atoms with van der Waals surface area (Å²) < 4.78 is 43.7. The first-order valence-electron chi connectivity index (χ1n) is 13.7. The molecular weight excluding hydrogens is 565 g/mol. The lowest BCUT2D eigenvalue weighted by molar-refractivity contribution is -0.139. The van der Waals surface area contributed by atoms with Crippen molar-refractivity contribution in [1.82, 2.24) is 10.2 Å². The number of nitrogens with zero attached hydrogens (tertiary/aromatic N) is 2. The lowest BCUT2D eigenvalue weighted by atomic mass is 10.1. The third kappa shape index (κ3) is 7.26. The quantitative estimate of drug-likeness (QED) is 0.321. The molecule has 1 atom stereocenters. The minimum Gasteiger partial charge on any atom is -0.352 e. The minimum absolute atomic E-state index is 0.00274. The van der Waals surface area contributed by atoms with Crippen LogP contribution in [0.4, 0.5) is 10.1 Å². The molecule has 2 amide bonds. The monoisotopic (exact) mass is 599 g/mol. The predicted molar refractivity (Wildman–Crippen MR) is 159 cm³/mol. The second kappa shape index (κ2) is 13.0. The lowest BCUT2D eigenvalue weighted by Gasteiger charge is -2.33. The van der Waals surface area contributed by atoms with Gasteiger partial charge in [0.1, 0.15) is 18.4 Å². The number of nitrogens with one attached hydrogen (secondary N) is 1. The SMILES string of the molecule is Cc1ccc(S(=O)(=O)N(CC(=O)N(Cc2ccccc2F)C(C)C(=O)NC2CCCC2)c2cc(Cl)ccc2C)cc1. The Morgan fingerprint density at radius 3 is 2.34 bits per heavy atom. The van der Waals surface area contributed by atoms with E-state index in [0.29, 0.717) is 10.6 Å². The lowest BCUT2D eigenvalue weighted by Crippen LogP contribution is -2.52. The van der Waals surface area contributed by atoms with Crippen molar-refractivity contribution in [2.75, 3.05) is 10.8 Å². The van der Waals surface area contributed by atoms with Gasteiger partial charge in [0.15, 0.2) is 0 Å². The molecule has 1 aliphatic rings. The number of aryl methyl sites for hydroxylation is 2. The van der Waals surface area contributed by atoms with Gasteiger partial charge in [0.25, 0.3) is 10.0 Å². The second-order valence-electron chi connectivity index (χ2n) is 10.5. The Bertz CT molecular complexity index is 1510. The molecule has 7 nitrogen and oxygen atoms in total. The van der Waals surface area contributed by atoms with Gasteiger partial charge >= 0.3 is 0 Å². The van der Waals surface area contributed by atoms with E-state index in [1.54, 1.807) is 56.3 Å². The van der Waals surface area contributed by atoms with Crippen LogP contribution in [0.25, 0.3) is 0 Å². The maximum atomic E-state index is 14.7. The molecule has 0 aromatic heterocycles. The van der Waals surface area contributed by atoms with Gasteiger partial charge in [0, 0.05) is 23.2 Å². The van der Waals surface area contributed by atoms with E-state index in [0.717, 1.165) is 35.6 Å². The first-order chi connectivity index (χ1) is 19.5. The second-order valence-corrected chi connectivity index (χ2v) is 12.8. The fraction of sp³-hybridized carbons (Fsp3) is 0.355. The predicted octanol–water partition coefficient (Wildman–Crippen LogP) is 5.77. The molecule has 1 saturated carbocycles. The summed E-state index contributed by atoms with van der Waals surface area (Å²) in [6.07, 6.45) is 3.75. The minimum atomic E-state index is -4.23. The largest absolute Gasteiger partial charge is 0.352 e. The third-order valence-electron chi connectivity index (χ3n) is 7.50. The van der Waals surface area contributed by atoms with E-state index in [9.17, 15) is 22.4 Å². The third-order valence-corrected chi connectivity index (χ3v) is 9.50. The highest BCUT2D eigenvalue weighted by Crippen LogP contribution is 2.30. The van der Waals surface area contributed by atoms with Gasteiger partial charge in [0.05, 0.1) is 10.6 Å². The number of amides is 2. The highest BCUT2D eigenvalue weighted by Gasteiger charge is 2.34. The first-order valence-corrected chi connectivity index (χ1v) is 15.5. The summed E-state index contributed by atoms with van der Waals surface area (Å²) in [5.41, 5.74) is 1.92. The number of hydrogen-bond acceptors (Lipinski definition) is 4. The van der Waals surface area contributed by atoms with E-state index in [-0.39, 0.29) is 34.6 Å². The number of rotatable bonds is 10. The molecule has 1 fully saturated rings. The van der Waals surface area contributed by atoms with E-state index in [4.69, 9.17) is 11.6 Å². The van der Waals surface area contributed by atoms with Crippen LogP contribution in [0, 0.1) is 19.7 Å². The molecule has 1 unspecified atom stereocenters. The Labute approximate surface area is 246 Å². The molecule has 0 radical (unpaired) electrons. The number of carbonyl (C=O) groups excluding carboxylic acids is 2. The molecule has 218 valence electrons. The van der Waals surface area contributed by atoms with Crippen LogP contribution in [0.3, 0.4) is 0 Å². The van der Waals surface area contributed by atoms with Crippen LogP contribution < -0.4 is 9.62 Å². The Hall–Kier alpha value is -3.43. The van der Waals surface area contributed by atoms with E-state index in [1.165, 1.54) is 29.2 Å². The smallest absolute Gasteiger partial charge is 0.264 e. The number of benzene rings is 3. The number of halogens is 2. The molecule has 0 saturated heterocycles. The highest BCUT2D eigenvalue weighted by atomic mass is 35.5. The van der Waals surface area contributed by atoms with Crippen LogP contribution in [0.15, 0.2) is 71.6 Å². The number of anilines is 1. The van der Waals surface area contributed by atoms with E-state index in [2.05, 4.69) is 5.32 Å². The fourth-order valence-electron chi connectivity index (χ4n) is 4.99. The molecule has 41 heavy (non-hydrogen) atoms. The molecule has 0 aliphatic heterocycles. The molecule has 1 aliphatic carbocycles. The van der Waals surface area contributed by atoms with Crippen molar-refractivity contribution in [2.24, 2.45) is 0 Å². The van der Waals surface area contributed by atoms with Gasteiger partial charge in [-0.05, 0) is 69.5 Å². The van der Waals surface area contributed by atoms with Gasteiger partial charge in [-0.3, -0.25) is 13.9 Å². The van der Waals surface area contributed by atoms with Gasteiger partial charge in [0.2, 0.25) is 11.8 Å². The summed E-state index contributed by atoms with van der Waals surface area (Å²) in [6, 6.07) is 16.2. The Balaban J connectivity index is 1.73. The molecule has 10 heteroatoms. The van der Waals surface area contributed by atoms with Crippen molar-refractivity contribution in [3.8, 4) is 0 Å². The number of hydrogen-bond donors (Lipinski definition) is 1. The summed E-state index contributed by atoms with van der Waals surface area (Å²) in [7, 11) is -4.23. The highest BCUT2D eigenvalue weighted by molar-refractivity contribution is 7.92. The van der Waals surface area contributed by atoms with Gasteiger partial charge in [-0.2, -0.15) is 0 Å². The van der Waals surface area contributed by atoms with Gasteiger partial charge in [-0.1, -0.05) is 66.4 Å². The number of sulfonamides is 1.